The summed E-state index contributed by atoms with van der Waals surface area (Å²) in [4.78, 5) is 51.0. The Kier molecular flexibility index (Phi) is 7.65. The van der Waals surface area contributed by atoms with Crippen molar-refractivity contribution in [3.63, 3.8) is 0 Å². The van der Waals surface area contributed by atoms with Gasteiger partial charge in [0, 0.05) is 23.2 Å². The van der Waals surface area contributed by atoms with Crippen molar-refractivity contribution >= 4 is 23.3 Å². The van der Waals surface area contributed by atoms with E-state index in [1.807, 2.05) is 12.1 Å². The highest BCUT2D eigenvalue weighted by atomic mass is 16.5. The van der Waals surface area contributed by atoms with Gasteiger partial charge < -0.3 is 9.72 Å². The summed E-state index contributed by atoms with van der Waals surface area (Å²) < 4.78 is 5.01. The lowest BCUT2D eigenvalue weighted by Gasteiger charge is -2.05. The highest BCUT2D eigenvalue weighted by Crippen LogP contribution is 2.19. The van der Waals surface area contributed by atoms with Gasteiger partial charge in [-0.25, -0.2) is 0 Å². The molecule has 1 aromatic carbocycles. The summed E-state index contributed by atoms with van der Waals surface area (Å²) in [7, 11) is 0. The van der Waals surface area contributed by atoms with Crippen molar-refractivity contribution < 1.29 is 23.9 Å². The van der Waals surface area contributed by atoms with Crippen LogP contribution in [-0.4, -0.2) is 34.9 Å². The van der Waals surface area contributed by atoms with Crippen molar-refractivity contribution in [1.29, 1.82) is 0 Å². The Morgan fingerprint density at radius 2 is 1.62 bits per heavy atom. The molecule has 29 heavy (non-hydrogen) atoms. The summed E-state index contributed by atoms with van der Waals surface area (Å²) in [5.74, 6) is -1.29. The van der Waals surface area contributed by atoms with E-state index in [-0.39, 0.29) is 30.1 Å². The Labute approximate surface area is 170 Å². The summed E-state index contributed by atoms with van der Waals surface area (Å²) in [6, 6.07) is 7.38. The molecule has 0 bridgehead atoms. The number of ether oxygens (including phenoxy) is 1. The number of carbonyl (C=O) groups excluding carboxylic acids is 4. The van der Waals surface area contributed by atoms with Crippen LogP contribution in [0.25, 0.3) is 0 Å². The fourth-order valence-corrected chi connectivity index (χ4v) is 3.35. The zero-order valence-corrected chi connectivity index (χ0v) is 17.4. The maximum atomic E-state index is 12.3. The van der Waals surface area contributed by atoms with E-state index < -0.39 is 18.4 Å². The van der Waals surface area contributed by atoms with Crippen molar-refractivity contribution in [2.75, 3.05) is 6.61 Å². The Morgan fingerprint density at radius 3 is 2.17 bits per heavy atom. The van der Waals surface area contributed by atoms with Gasteiger partial charge in [0.1, 0.15) is 0 Å². The molecule has 1 N–H and O–H groups in total. The second-order valence-electron chi connectivity index (χ2n) is 7.14. The molecule has 0 fully saturated rings. The summed E-state index contributed by atoms with van der Waals surface area (Å²) in [5.41, 5.74) is 3.64. The molecule has 0 atom stereocenters. The average Bonchev–Trinajstić information content (AvgIpc) is 2.99. The lowest BCUT2D eigenvalue weighted by Crippen LogP contribution is -2.16. The first-order chi connectivity index (χ1) is 13.7. The highest BCUT2D eigenvalue weighted by molar-refractivity contribution is 6.04. The molecular formula is C23H27NO5. The number of benzene rings is 1. The molecule has 154 valence electrons. The lowest BCUT2D eigenvalue weighted by atomic mass is 10.0. The number of aromatic amines is 1. The molecule has 0 saturated heterocycles. The first kappa shape index (κ1) is 22.3. The van der Waals surface area contributed by atoms with E-state index in [4.69, 9.17) is 4.74 Å². The number of rotatable bonds is 10. The van der Waals surface area contributed by atoms with Crippen LogP contribution in [0.1, 0.15) is 81.1 Å². The monoisotopic (exact) mass is 397 g/mol. The molecule has 1 heterocycles. The topological polar surface area (TPSA) is 93.3 Å². The molecule has 2 aromatic rings. The van der Waals surface area contributed by atoms with Crippen LogP contribution in [0, 0.1) is 13.8 Å². The standard InChI is InChI=1S/C23H27NO5/c1-5-6-17-7-9-18(10-8-17)19(26)11-12-21(28)29-13-20(27)23-14(2)22(16(4)25)15(3)24-23/h7-10,24H,5-6,11-13H2,1-4H3. The first-order valence-corrected chi connectivity index (χ1v) is 9.75. The van der Waals surface area contributed by atoms with Crippen LogP contribution in [0.2, 0.25) is 0 Å². The van der Waals surface area contributed by atoms with E-state index in [1.54, 1.807) is 26.0 Å². The molecule has 6 heteroatoms. The fourth-order valence-electron chi connectivity index (χ4n) is 3.35. The predicted molar refractivity (Wildman–Crippen MR) is 110 cm³/mol. The molecule has 0 spiro atoms. The summed E-state index contributed by atoms with van der Waals surface area (Å²) in [5, 5.41) is 0. The molecule has 0 aliphatic heterocycles. The van der Waals surface area contributed by atoms with Crippen LogP contribution in [0.15, 0.2) is 24.3 Å². The summed E-state index contributed by atoms with van der Waals surface area (Å²) in [6.07, 6.45) is 1.93. The molecule has 1 aromatic heterocycles. The van der Waals surface area contributed by atoms with Gasteiger partial charge in [-0.3, -0.25) is 19.2 Å². The molecule has 6 nitrogen and oxygen atoms in total. The van der Waals surface area contributed by atoms with E-state index in [1.165, 1.54) is 12.5 Å². The van der Waals surface area contributed by atoms with Crippen LogP contribution in [0.5, 0.6) is 0 Å². The smallest absolute Gasteiger partial charge is 0.306 e. The highest BCUT2D eigenvalue weighted by Gasteiger charge is 2.21. The zero-order valence-electron chi connectivity index (χ0n) is 17.4. The minimum atomic E-state index is -0.609. The van der Waals surface area contributed by atoms with Crippen LogP contribution in [0.3, 0.4) is 0 Å². The van der Waals surface area contributed by atoms with Gasteiger partial charge in [-0.05, 0) is 38.3 Å². The number of H-pyrrole nitrogens is 1. The van der Waals surface area contributed by atoms with Gasteiger partial charge in [-0.15, -0.1) is 0 Å². The van der Waals surface area contributed by atoms with Crippen LogP contribution >= 0.6 is 0 Å². The van der Waals surface area contributed by atoms with Crippen LogP contribution in [0.4, 0.5) is 0 Å². The predicted octanol–water partition coefficient (Wildman–Crippen LogP) is 4.18. The number of carbonyl (C=O) groups is 4. The van der Waals surface area contributed by atoms with Gasteiger partial charge in [0.2, 0.25) is 5.78 Å². The van der Waals surface area contributed by atoms with E-state index in [0.717, 1.165) is 12.8 Å². The minimum Gasteiger partial charge on any atom is -0.457 e. The molecule has 0 unspecified atom stereocenters. The Hall–Kier alpha value is -3.02. The van der Waals surface area contributed by atoms with E-state index in [0.29, 0.717) is 22.4 Å². The van der Waals surface area contributed by atoms with Crippen molar-refractivity contribution in [2.45, 2.75) is 53.4 Å². The molecule has 0 radical (unpaired) electrons. The number of hydrogen-bond donors (Lipinski definition) is 1. The third kappa shape index (κ3) is 5.73. The van der Waals surface area contributed by atoms with E-state index >= 15 is 0 Å². The maximum absolute atomic E-state index is 12.3. The van der Waals surface area contributed by atoms with Crippen molar-refractivity contribution in [3.8, 4) is 0 Å². The fraction of sp³-hybridized carbons (Fsp3) is 0.391. The quantitative estimate of drug-likeness (QED) is 0.480. The number of ketones is 3. The van der Waals surface area contributed by atoms with Crippen LogP contribution in [-0.2, 0) is 16.0 Å². The van der Waals surface area contributed by atoms with Gasteiger partial charge in [0.25, 0.3) is 0 Å². The first-order valence-electron chi connectivity index (χ1n) is 9.75. The Bertz CT molecular complexity index is 921. The Balaban J connectivity index is 1.85. The van der Waals surface area contributed by atoms with Crippen LogP contribution < -0.4 is 0 Å². The van der Waals surface area contributed by atoms with Gasteiger partial charge in [-0.1, -0.05) is 37.6 Å². The molecule has 2 rings (SSSR count). The average molecular weight is 397 g/mol. The number of esters is 1. The van der Waals surface area contributed by atoms with Gasteiger partial charge >= 0.3 is 5.97 Å². The van der Waals surface area contributed by atoms with Crippen molar-refractivity contribution in [3.05, 3.63) is 57.9 Å². The number of nitrogens with one attached hydrogen (secondary N) is 1. The minimum absolute atomic E-state index is 0.0231. The van der Waals surface area contributed by atoms with E-state index in [2.05, 4.69) is 11.9 Å². The van der Waals surface area contributed by atoms with Crippen molar-refractivity contribution in [1.82, 2.24) is 4.98 Å². The number of Topliss-reactive ketones (excluding diaryl/α,β-unsaturated/α-hetero) is 3. The molecular weight excluding hydrogens is 370 g/mol. The largest absolute Gasteiger partial charge is 0.457 e. The third-order valence-corrected chi connectivity index (χ3v) is 4.80. The zero-order chi connectivity index (χ0) is 21.6. The number of aryl methyl sites for hydroxylation is 2. The lowest BCUT2D eigenvalue weighted by molar-refractivity contribution is -0.142. The SMILES string of the molecule is CCCc1ccc(C(=O)CCC(=O)OCC(=O)c2[nH]c(C)c(C(C)=O)c2C)cc1. The summed E-state index contributed by atoms with van der Waals surface area (Å²) in [6.45, 7) is 6.49. The van der Waals surface area contributed by atoms with Gasteiger partial charge in [0.15, 0.2) is 18.2 Å². The normalized spacial score (nSPS) is 10.6. The second kappa shape index (κ2) is 9.96. The molecule has 0 amide bonds. The summed E-state index contributed by atoms with van der Waals surface area (Å²) >= 11 is 0. The number of aromatic nitrogens is 1. The molecule has 0 aliphatic carbocycles. The van der Waals surface area contributed by atoms with Gasteiger partial charge in [0.05, 0.1) is 12.1 Å². The Morgan fingerprint density at radius 1 is 0.966 bits per heavy atom. The van der Waals surface area contributed by atoms with Gasteiger partial charge in [-0.2, -0.15) is 0 Å². The molecule has 0 saturated carbocycles. The third-order valence-electron chi connectivity index (χ3n) is 4.80. The maximum Gasteiger partial charge on any atom is 0.306 e. The van der Waals surface area contributed by atoms with Crippen molar-refractivity contribution in [2.24, 2.45) is 0 Å². The molecule has 0 aliphatic rings. The number of hydrogen-bond acceptors (Lipinski definition) is 5. The second-order valence-corrected chi connectivity index (χ2v) is 7.14. The van der Waals surface area contributed by atoms with E-state index in [9.17, 15) is 19.2 Å².